The molecule has 1 aliphatic rings. The van der Waals surface area contributed by atoms with E-state index in [-0.39, 0.29) is 25.1 Å². The summed E-state index contributed by atoms with van der Waals surface area (Å²) < 4.78 is 16.3. The van der Waals surface area contributed by atoms with Crippen LogP contribution in [0.15, 0.2) is 24.3 Å². The molecule has 0 aliphatic carbocycles. The molecule has 15 nitrogen and oxygen atoms in total. The molecule has 0 bridgehead atoms. The number of nitrogens with zero attached hydrogens (tertiary/aromatic N) is 4. The van der Waals surface area contributed by atoms with Crippen LogP contribution >= 0.6 is 12.6 Å². The van der Waals surface area contributed by atoms with E-state index >= 15 is 0 Å². The smallest absolute Gasteiger partial charge is 0.480 e. The van der Waals surface area contributed by atoms with Gasteiger partial charge in [-0.2, -0.15) is 0 Å². The van der Waals surface area contributed by atoms with Gasteiger partial charge in [-0.3, -0.25) is 34.4 Å². The highest BCUT2D eigenvalue weighted by Gasteiger charge is 2.36. The Labute approximate surface area is 279 Å². The van der Waals surface area contributed by atoms with E-state index in [2.05, 4.69) is 28.2 Å². The monoisotopic (exact) mass is 690 g/mol. The van der Waals surface area contributed by atoms with Crippen molar-refractivity contribution in [2.45, 2.75) is 31.8 Å². The van der Waals surface area contributed by atoms with Crippen LogP contribution in [-0.4, -0.2) is 162 Å². The molecule has 0 radical (unpaired) electrons. The van der Waals surface area contributed by atoms with Gasteiger partial charge < -0.3 is 38.8 Å². The van der Waals surface area contributed by atoms with E-state index in [9.17, 15) is 29.7 Å². The molecule has 1 aromatic rings. The molecule has 0 aromatic heterocycles. The van der Waals surface area contributed by atoms with Crippen molar-refractivity contribution in [3.63, 3.8) is 0 Å². The Morgan fingerprint density at radius 1 is 0.848 bits per heavy atom. The number of aliphatic carboxylic acids is 3. The molecule has 1 fully saturated rings. The zero-order valence-corrected chi connectivity index (χ0v) is 29.7. The van der Waals surface area contributed by atoms with E-state index in [1.165, 1.54) is 0 Å². The number of carboxylic acid groups (broad SMARTS) is 3. The molecule has 264 valence electrons. The van der Waals surface area contributed by atoms with Gasteiger partial charge in [-0.15, -0.1) is 12.6 Å². The third kappa shape index (κ3) is 16.4. The summed E-state index contributed by atoms with van der Waals surface area (Å²) in [4.78, 5) is 41.8. The van der Waals surface area contributed by atoms with Crippen molar-refractivity contribution in [1.82, 2.24) is 20.0 Å². The first-order valence-corrected chi connectivity index (χ1v) is 17.9. The number of hydrogen-bond acceptors (Lipinski definition) is 13. The van der Waals surface area contributed by atoms with Gasteiger partial charge in [-0.1, -0.05) is 13.8 Å². The highest BCUT2D eigenvalue weighted by molar-refractivity contribution is 7.81. The van der Waals surface area contributed by atoms with Crippen molar-refractivity contribution in [2.24, 2.45) is 0 Å². The van der Waals surface area contributed by atoms with Crippen molar-refractivity contribution in [1.29, 1.82) is 0 Å². The van der Waals surface area contributed by atoms with Crippen LogP contribution in [0.1, 0.15) is 20.3 Å². The van der Waals surface area contributed by atoms with Gasteiger partial charge in [0.15, 0.2) is 0 Å². The Morgan fingerprint density at radius 2 is 1.33 bits per heavy atom. The summed E-state index contributed by atoms with van der Waals surface area (Å²) in [7, 11) is 2.14. The summed E-state index contributed by atoms with van der Waals surface area (Å²) in [5.41, 5.74) is 1.23. The Morgan fingerprint density at radius 3 is 1.76 bits per heavy atom. The van der Waals surface area contributed by atoms with Crippen LogP contribution in [0.25, 0.3) is 0 Å². The quantitative estimate of drug-likeness (QED) is 0.0497. The summed E-state index contributed by atoms with van der Waals surface area (Å²) in [6, 6.07) is 8.09. The van der Waals surface area contributed by atoms with E-state index in [1.807, 2.05) is 38.1 Å². The van der Waals surface area contributed by atoms with E-state index in [1.54, 1.807) is 36.0 Å². The maximum atomic E-state index is 11.7. The molecule has 0 amide bonds. The number of hydrogen-bond donors (Lipinski definition) is 6. The molecule has 1 saturated heterocycles. The summed E-state index contributed by atoms with van der Waals surface area (Å²) in [6.07, 6.45) is 0.774. The van der Waals surface area contributed by atoms with Crippen LogP contribution in [0.3, 0.4) is 0 Å². The zero-order chi connectivity index (χ0) is 34.5. The van der Waals surface area contributed by atoms with Crippen molar-refractivity contribution in [2.75, 3.05) is 110 Å². The second kappa shape index (κ2) is 22.9. The fourth-order valence-corrected chi connectivity index (χ4v) is 6.91. The summed E-state index contributed by atoms with van der Waals surface area (Å²) in [5.74, 6) is -2.83. The molecule has 1 aliphatic heterocycles. The minimum atomic E-state index is -2.62. The average molecular weight is 691 g/mol. The molecule has 17 heteroatoms. The van der Waals surface area contributed by atoms with Crippen LogP contribution < -0.4 is 15.5 Å². The van der Waals surface area contributed by atoms with Gasteiger partial charge in [-0.05, 0) is 37.2 Å². The van der Waals surface area contributed by atoms with Crippen molar-refractivity contribution < 1.29 is 43.0 Å². The van der Waals surface area contributed by atoms with Gasteiger partial charge in [0.25, 0.3) is 0 Å². The second-order valence-electron chi connectivity index (χ2n) is 10.4. The van der Waals surface area contributed by atoms with Gasteiger partial charge in [-0.25, -0.2) is 0 Å². The van der Waals surface area contributed by atoms with Gasteiger partial charge in [0.1, 0.15) is 12.0 Å². The molecule has 1 aromatic carbocycles. The number of rotatable bonds is 20. The molecule has 0 spiro atoms. The predicted molar refractivity (Wildman–Crippen MR) is 183 cm³/mol. The van der Waals surface area contributed by atoms with Crippen molar-refractivity contribution in [3.05, 3.63) is 24.3 Å². The molecular formula is C29H54N6O9SSi. The lowest BCUT2D eigenvalue weighted by Crippen LogP contribution is -2.43. The number of benzene rings is 1. The van der Waals surface area contributed by atoms with Gasteiger partial charge in [0, 0.05) is 91.1 Å². The first kappa shape index (κ1) is 41.5. The van der Waals surface area contributed by atoms with Gasteiger partial charge in [0.05, 0.1) is 13.1 Å². The van der Waals surface area contributed by atoms with Crippen LogP contribution in [-0.2, 0) is 27.7 Å². The van der Waals surface area contributed by atoms with Crippen molar-refractivity contribution in [3.8, 4) is 0 Å². The Hall–Kier alpha value is -2.48. The number of nitrogens with one attached hydrogen (secondary N) is 2. The third-order valence-corrected chi connectivity index (χ3v) is 10.5. The first-order chi connectivity index (χ1) is 22.0. The fraction of sp³-hybridized carbons (Fsp3) is 0.690. The summed E-state index contributed by atoms with van der Waals surface area (Å²) in [6.45, 7) is 8.27. The van der Waals surface area contributed by atoms with Crippen LogP contribution in [0.4, 0.5) is 11.4 Å². The molecule has 1 atom stereocenters. The lowest BCUT2D eigenvalue weighted by atomic mass is 10.2. The lowest BCUT2D eigenvalue weighted by Gasteiger charge is -2.29. The number of carbonyl (C=O) groups is 3. The molecule has 46 heavy (non-hydrogen) atoms. The Balaban J connectivity index is 0.00000518. The number of carboxylic acids is 3. The molecule has 1 heterocycles. The topological polar surface area (TPSA) is 177 Å². The van der Waals surface area contributed by atoms with Crippen LogP contribution in [0, 0.1) is 0 Å². The number of anilines is 2. The van der Waals surface area contributed by atoms with E-state index in [0.29, 0.717) is 64.9 Å². The maximum Gasteiger partial charge on any atom is 0.500 e. The SMILES string of the molecule is CC.CO[Si](CCCNC(S)Nc1ccc(N(CCN2CCN(CC(=O)O)CCN(CC(=O)O)CC2)CC(=O)O)cc1)(OC)OC. The largest absolute Gasteiger partial charge is 0.500 e. The summed E-state index contributed by atoms with van der Waals surface area (Å²) >= 11 is 4.56. The number of thiol groups is 1. The molecule has 2 rings (SSSR count). The minimum Gasteiger partial charge on any atom is -0.480 e. The first-order valence-electron chi connectivity index (χ1n) is 15.5. The Bertz CT molecular complexity index is 989. The van der Waals surface area contributed by atoms with Crippen LogP contribution in [0.2, 0.25) is 6.04 Å². The maximum absolute atomic E-state index is 11.7. The van der Waals surface area contributed by atoms with Gasteiger partial charge >= 0.3 is 26.7 Å². The van der Waals surface area contributed by atoms with Crippen molar-refractivity contribution >= 4 is 50.7 Å². The fourth-order valence-electron chi connectivity index (χ4n) is 4.91. The van der Waals surface area contributed by atoms with E-state index < -0.39 is 26.7 Å². The molecule has 0 saturated carbocycles. The molecule has 5 N–H and O–H groups in total. The highest BCUT2D eigenvalue weighted by atomic mass is 32.1. The zero-order valence-electron chi connectivity index (χ0n) is 27.8. The predicted octanol–water partition coefficient (Wildman–Crippen LogP) is 1.18. The van der Waals surface area contributed by atoms with E-state index in [4.69, 9.17) is 13.3 Å². The average Bonchev–Trinajstić information content (AvgIpc) is 3.11. The normalized spacial score (nSPS) is 15.9. The van der Waals surface area contributed by atoms with E-state index in [0.717, 1.165) is 17.8 Å². The third-order valence-electron chi connectivity index (χ3n) is 7.39. The van der Waals surface area contributed by atoms with Gasteiger partial charge in [0.2, 0.25) is 0 Å². The van der Waals surface area contributed by atoms with Crippen LogP contribution in [0.5, 0.6) is 0 Å². The highest BCUT2D eigenvalue weighted by Crippen LogP contribution is 2.19. The lowest BCUT2D eigenvalue weighted by molar-refractivity contribution is -0.140. The minimum absolute atomic E-state index is 0.124. The second-order valence-corrected chi connectivity index (χ2v) is 14.1. The molecular weight excluding hydrogens is 637 g/mol. The molecule has 1 unspecified atom stereocenters. The Kier molecular flexibility index (Phi) is 20.7. The summed E-state index contributed by atoms with van der Waals surface area (Å²) in [5, 5.41) is 34.7. The standard InChI is InChI=1S/C27H48N6O9SSi.C2H6/c1-40-44(41-2,42-3)18-4-9-28-27(43)29-22-5-7-23(8-6-22)33(21-26(38)39)17-16-30-10-12-31(19-24(34)35)14-15-32(13-11-30)20-25(36)37;1-2/h5-8,27-29,43H,4,9-21H2,1-3H3,(H,34,35)(H,36,37)(H,38,39);1-2H3.